The quantitative estimate of drug-likeness (QED) is 0.169. The Morgan fingerprint density at radius 2 is 1.84 bits per heavy atom. The van der Waals surface area contributed by atoms with E-state index in [1.807, 2.05) is 6.92 Å². The molecule has 0 spiro atoms. The van der Waals surface area contributed by atoms with Crippen LogP contribution < -0.4 is 18.7 Å². The molecule has 15 heteroatoms. The molecule has 2 aliphatic rings. The smallest absolute Gasteiger partial charge is 0.410 e. The Kier molecular flexibility index (Phi) is 10.2. The van der Waals surface area contributed by atoms with Crippen LogP contribution in [-0.4, -0.2) is 69.9 Å². The number of carbonyl (C=O) groups excluding carboxylic acids is 1. The highest BCUT2D eigenvalue weighted by molar-refractivity contribution is 7.92. The third kappa shape index (κ3) is 7.35. The Hall–Kier alpha value is -3.91. The van der Waals surface area contributed by atoms with Crippen molar-refractivity contribution < 1.29 is 40.6 Å². The zero-order valence-electron chi connectivity index (χ0n) is 28.2. The first kappa shape index (κ1) is 36.4. The van der Waals surface area contributed by atoms with Crippen LogP contribution in [0.15, 0.2) is 47.4 Å². The Morgan fingerprint density at radius 1 is 1.10 bits per heavy atom. The van der Waals surface area contributed by atoms with E-state index >= 15 is 8.78 Å². The van der Waals surface area contributed by atoms with Crippen LogP contribution in [0.5, 0.6) is 11.5 Å². The molecule has 5 rings (SSSR count). The number of carbonyl (C=O) groups is 1. The van der Waals surface area contributed by atoms with Crippen molar-refractivity contribution in [3.63, 3.8) is 0 Å². The lowest BCUT2D eigenvalue weighted by atomic mass is 9.80. The van der Waals surface area contributed by atoms with E-state index in [0.717, 1.165) is 25.0 Å². The molecule has 0 radical (unpaired) electrons. The summed E-state index contributed by atoms with van der Waals surface area (Å²) in [5, 5.41) is -0.589. The van der Waals surface area contributed by atoms with E-state index in [2.05, 4.69) is 4.98 Å². The number of anilines is 2. The van der Waals surface area contributed by atoms with E-state index in [1.165, 1.54) is 38.5 Å². The van der Waals surface area contributed by atoms with Gasteiger partial charge in [0.25, 0.3) is 10.0 Å². The second kappa shape index (κ2) is 13.8. The molecule has 0 aliphatic carbocycles. The molecule has 0 bridgehead atoms. The van der Waals surface area contributed by atoms with Crippen LogP contribution in [0.1, 0.15) is 52.5 Å². The van der Waals surface area contributed by atoms with Crippen molar-refractivity contribution >= 4 is 39.2 Å². The van der Waals surface area contributed by atoms with E-state index in [9.17, 15) is 17.6 Å². The van der Waals surface area contributed by atoms with Crippen LogP contribution in [0.25, 0.3) is 0 Å². The van der Waals surface area contributed by atoms with Gasteiger partial charge in [0.05, 0.1) is 26.5 Å². The number of rotatable bonds is 9. The first-order valence-corrected chi connectivity index (χ1v) is 17.6. The molecule has 10 nitrogen and oxygen atoms in total. The van der Waals surface area contributed by atoms with Gasteiger partial charge in [-0.05, 0) is 64.3 Å². The minimum Gasteiger partial charge on any atom is -0.497 e. The first-order chi connectivity index (χ1) is 23.0. The van der Waals surface area contributed by atoms with E-state index in [4.69, 9.17) is 25.8 Å². The van der Waals surface area contributed by atoms with Crippen molar-refractivity contribution in [1.29, 1.82) is 0 Å². The summed E-state index contributed by atoms with van der Waals surface area (Å²) < 4.78 is 91.8. The summed E-state index contributed by atoms with van der Waals surface area (Å²) >= 11 is 6.52. The number of benzene rings is 2. The molecule has 266 valence electrons. The number of hydrogen-bond acceptors (Lipinski definition) is 8. The molecule has 3 aromatic rings. The van der Waals surface area contributed by atoms with Crippen LogP contribution in [-0.2, 0) is 21.3 Å². The maximum Gasteiger partial charge on any atom is 0.410 e. The van der Waals surface area contributed by atoms with Crippen molar-refractivity contribution in [1.82, 2.24) is 9.88 Å². The second-order valence-electron chi connectivity index (χ2n) is 13.5. The lowest BCUT2D eigenvalue weighted by Gasteiger charge is -2.38. The fourth-order valence-corrected chi connectivity index (χ4v) is 8.43. The summed E-state index contributed by atoms with van der Waals surface area (Å²) in [6, 6.07) is 8.74. The van der Waals surface area contributed by atoms with Crippen molar-refractivity contribution in [2.75, 3.05) is 43.1 Å². The molecule has 0 N–H and O–H groups in total. The second-order valence-corrected chi connectivity index (χ2v) is 15.7. The summed E-state index contributed by atoms with van der Waals surface area (Å²) in [4.78, 5) is 18.8. The number of hydrogen-bond donors (Lipinski definition) is 0. The number of halogens is 4. The number of aromatic nitrogens is 1. The number of pyridine rings is 1. The highest BCUT2D eigenvalue weighted by atomic mass is 35.5. The van der Waals surface area contributed by atoms with Gasteiger partial charge in [0.15, 0.2) is 10.7 Å². The summed E-state index contributed by atoms with van der Waals surface area (Å²) in [6.07, 6.45) is 1.69. The number of sulfonamides is 1. The van der Waals surface area contributed by atoms with E-state index in [-0.39, 0.29) is 23.0 Å². The Morgan fingerprint density at radius 3 is 2.49 bits per heavy atom. The molecule has 2 atom stereocenters. The molecular formula is C34H40ClF3N4O6S. The number of nitrogens with zero attached hydrogens (tertiary/aromatic N) is 4. The number of methoxy groups -OCH3 is 2. The third-order valence-electron chi connectivity index (χ3n) is 8.94. The molecule has 0 unspecified atom stereocenters. The molecule has 2 saturated heterocycles. The average molecular weight is 725 g/mol. The van der Waals surface area contributed by atoms with Crippen LogP contribution in [0.4, 0.5) is 29.5 Å². The lowest BCUT2D eigenvalue weighted by Crippen LogP contribution is -2.48. The molecule has 2 aromatic carbocycles. The van der Waals surface area contributed by atoms with Crippen LogP contribution in [0, 0.1) is 23.0 Å². The van der Waals surface area contributed by atoms with Crippen LogP contribution >= 0.6 is 11.6 Å². The first-order valence-electron chi connectivity index (χ1n) is 15.8. The minimum absolute atomic E-state index is 0.0200. The van der Waals surface area contributed by atoms with Gasteiger partial charge in [-0.3, -0.25) is 0 Å². The van der Waals surface area contributed by atoms with Gasteiger partial charge in [-0.15, -0.1) is 0 Å². The van der Waals surface area contributed by atoms with Crippen LogP contribution in [0.3, 0.4) is 0 Å². The van der Waals surface area contributed by atoms with Gasteiger partial charge in [0, 0.05) is 48.8 Å². The molecule has 3 heterocycles. The van der Waals surface area contributed by atoms with Crippen molar-refractivity contribution in [3.05, 3.63) is 70.6 Å². The zero-order valence-corrected chi connectivity index (χ0v) is 29.8. The molecule has 0 saturated carbocycles. The molecule has 1 aromatic heterocycles. The SMILES string of the molecule is COc1ccc(CN(c2cccc(F)n2)S(=O)(=O)c2c(F)cc(N3CC[C@](C)([C@H]4CCCN4C(=O)OC(C)(C)C)C3)c(Cl)c2F)c(OC)c1. The molecule has 1 amide bonds. The van der Waals surface area contributed by atoms with Gasteiger partial charge < -0.3 is 24.0 Å². The Labute approximate surface area is 289 Å². The normalized spacial score (nSPS) is 19.7. The van der Waals surface area contributed by atoms with Crippen molar-refractivity contribution in [3.8, 4) is 11.5 Å². The molecule has 49 heavy (non-hydrogen) atoms. The molecule has 2 fully saturated rings. The van der Waals surface area contributed by atoms with Crippen molar-refractivity contribution in [2.24, 2.45) is 5.41 Å². The summed E-state index contributed by atoms with van der Waals surface area (Å²) in [5.41, 5.74) is -0.872. The number of amides is 1. The standard InChI is InChI=1S/C34H40ClF3N4O6S/c1-33(2,3)48-32(43)41-15-8-9-26(41)34(4)14-16-40(20-34)24-18-23(36)31(30(38)29(24)35)49(44,45)42(28-11-7-10-27(37)39-28)19-21-12-13-22(46-5)17-25(21)47-6/h7,10-13,17-18,26H,8-9,14-16,19-20H2,1-6H3/t26-,34+/m1/s1. The van der Waals surface area contributed by atoms with E-state index in [0.29, 0.717) is 36.1 Å². The minimum atomic E-state index is -5.10. The summed E-state index contributed by atoms with van der Waals surface area (Å²) in [7, 11) is -2.29. The topological polar surface area (TPSA) is 102 Å². The number of ether oxygens (including phenoxy) is 3. The predicted octanol–water partition coefficient (Wildman–Crippen LogP) is 7.18. The summed E-state index contributed by atoms with van der Waals surface area (Å²) in [5.74, 6) is -3.66. The maximum atomic E-state index is 16.2. The lowest BCUT2D eigenvalue weighted by molar-refractivity contribution is 0.0108. The van der Waals surface area contributed by atoms with Gasteiger partial charge in [0.1, 0.15) is 33.8 Å². The van der Waals surface area contributed by atoms with Gasteiger partial charge in [-0.1, -0.05) is 24.6 Å². The molecule has 2 aliphatic heterocycles. The van der Waals surface area contributed by atoms with Crippen LogP contribution in [0.2, 0.25) is 5.02 Å². The highest BCUT2D eigenvalue weighted by Gasteiger charge is 2.48. The summed E-state index contributed by atoms with van der Waals surface area (Å²) in [6.45, 7) is 8.08. The Balaban J connectivity index is 1.49. The maximum absolute atomic E-state index is 16.2. The number of likely N-dealkylation sites (tertiary alicyclic amines) is 1. The van der Waals surface area contributed by atoms with Gasteiger partial charge in [-0.25, -0.2) is 31.3 Å². The van der Waals surface area contributed by atoms with Gasteiger partial charge in [-0.2, -0.15) is 4.39 Å². The fourth-order valence-electron chi connectivity index (χ4n) is 6.60. The highest BCUT2D eigenvalue weighted by Crippen LogP contribution is 2.45. The average Bonchev–Trinajstić information content (AvgIpc) is 3.69. The Bertz CT molecular complexity index is 1840. The fraction of sp³-hybridized carbons (Fsp3) is 0.471. The third-order valence-corrected chi connectivity index (χ3v) is 11.1. The van der Waals surface area contributed by atoms with Gasteiger partial charge in [0.2, 0.25) is 5.95 Å². The zero-order chi connectivity index (χ0) is 35.9. The van der Waals surface area contributed by atoms with E-state index in [1.54, 1.807) is 36.6 Å². The van der Waals surface area contributed by atoms with E-state index < -0.39 is 67.0 Å². The largest absolute Gasteiger partial charge is 0.497 e. The predicted molar refractivity (Wildman–Crippen MR) is 179 cm³/mol. The van der Waals surface area contributed by atoms with Gasteiger partial charge >= 0.3 is 6.09 Å². The molecular weight excluding hydrogens is 685 g/mol. The van der Waals surface area contributed by atoms with Crippen molar-refractivity contribution in [2.45, 2.75) is 70.0 Å². The monoisotopic (exact) mass is 724 g/mol.